The number of nitrogens with zero attached hydrogens (tertiary/aromatic N) is 1. The van der Waals surface area contributed by atoms with Crippen molar-refractivity contribution in [1.82, 2.24) is 4.90 Å². The third kappa shape index (κ3) is 2.98. The minimum Gasteiger partial charge on any atom is -0.375 e. The molecule has 94 valence electrons. The Balaban J connectivity index is 1.87. The molecule has 2 rings (SSSR count). The summed E-state index contributed by atoms with van der Waals surface area (Å²) in [6, 6.07) is 0. The molecule has 2 aliphatic heterocycles. The molecule has 1 atom stereocenters. The Morgan fingerprint density at radius 2 is 1.88 bits per heavy atom. The van der Waals surface area contributed by atoms with E-state index in [1.807, 2.05) is 0 Å². The summed E-state index contributed by atoms with van der Waals surface area (Å²) in [7, 11) is 2.22. The van der Waals surface area contributed by atoms with Crippen LogP contribution in [0.4, 0.5) is 0 Å². The molecule has 1 unspecified atom stereocenters. The van der Waals surface area contributed by atoms with Gasteiger partial charge in [-0.05, 0) is 44.1 Å². The van der Waals surface area contributed by atoms with E-state index in [4.69, 9.17) is 4.74 Å². The largest absolute Gasteiger partial charge is 0.375 e. The summed E-state index contributed by atoms with van der Waals surface area (Å²) in [6.45, 7) is 10.4. The van der Waals surface area contributed by atoms with Gasteiger partial charge in [0.05, 0.1) is 12.2 Å². The van der Waals surface area contributed by atoms with Crippen molar-refractivity contribution in [2.45, 2.75) is 52.1 Å². The fourth-order valence-corrected chi connectivity index (χ4v) is 3.31. The molecule has 0 aromatic rings. The highest BCUT2D eigenvalue weighted by Gasteiger charge is 2.42. The first-order valence-electron chi connectivity index (χ1n) is 6.71. The summed E-state index contributed by atoms with van der Waals surface area (Å²) in [6.07, 6.45) is 5.09. The lowest BCUT2D eigenvalue weighted by molar-refractivity contribution is -0.0396. The maximum absolute atomic E-state index is 6.16. The minimum absolute atomic E-state index is 0.252. The van der Waals surface area contributed by atoms with Crippen molar-refractivity contribution < 1.29 is 4.74 Å². The second-order valence-electron chi connectivity index (χ2n) is 7.13. The number of likely N-dealkylation sites (tertiary alicyclic amines) is 1. The summed E-state index contributed by atoms with van der Waals surface area (Å²) in [5.41, 5.74) is 0.702. The van der Waals surface area contributed by atoms with Crippen LogP contribution in [0.1, 0.15) is 46.5 Å². The van der Waals surface area contributed by atoms with Crippen LogP contribution in [0.3, 0.4) is 0 Å². The second-order valence-corrected chi connectivity index (χ2v) is 7.13. The fraction of sp³-hybridized carbons (Fsp3) is 1.00. The van der Waals surface area contributed by atoms with Gasteiger partial charge in [-0.25, -0.2) is 0 Å². The Morgan fingerprint density at radius 1 is 1.25 bits per heavy atom. The average molecular weight is 225 g/mol. The first-order chi connectivity index (χ1) is 7.39. The molecule has 2 fully saturated rings. The highest BCUT2D eigenvalue weighted by Crippen LogP contribution is 2.42. The Kier molecular flexibility index (Phi) is 3.33. The summed E-state index contributed by atoms with van der Waals surface area (Å²) in [5, 5.41) is 0. The van der Waals surface area contributed by atoms with Crippen LogP contribution in [-0.4, -0.2) is 37.2 Å². The monoisotopic (exact) mass is 225 g/mol. The molecule has 1 spiro atoms. The van der Waals surface area contributed by atoms with Crippen molar-refractivity contribution >= 4 is 0 Å². The lowest BCUT2D eigenvalue weighted by Gasteiger charge is -2.37. The molecule has 0 aromatic heterocycles. The highest BCUT2D eigenvalue weighted by molar-refractivity contribution is 4.93. The van der Waals surface area contributed by atoms with Gasteiger partial charge >= 0.3 is 0 Å². The van der Waals surface area contributed by atoms with Crippen molar-refractivity contribution in [3.63, 3.8) is 0 Å². The number of ether oxygens (including phenoxy) is 1. The van der Waals surface area contributed by atoms with Gasteiger partial charge in [0.1, 0.15) is 0 Å². The van der Waals surface area contributed by atoms with E-state index in [1.165, 1.54) is 38.8 Å². The van der Waals surface area contributed by atoms with E-state index in [1.54, 1.807) is 0 Å². The first kappa shape index (κ1) is 12.4. The lowest BCUT2D eigenvalue weighted by Crippen LogP contribution is -2.42. The molecule has 0 bridgehead atoms. The second kappa shape index (κ2) is 4.30. The van der Waals surface area contributed by atoms with Gasteiger partial charge in [-0.1, -0.05) is 20.8 Å². The molecule has 2 aliphatic rings. The zero-order valence-corrected chi connectivity index (χ0v) is 11.4. The van der Waals surface area contributed by atoms with Crippen LogP contribution >= 0.6 is 0 Å². The maximum Gasteiger partial charge on any atom is 0.0710 e. The van der Waals surface area contributed by atoms with Crippen LogP contribution in [0.15, 0.2) is 0 Å². The van der Waals surface area contributed by atoms with E-state index in [2.05, 4.69) is 32.7 Å². The van der Waals surface area contributed by atoms with Crippen molar-refractivity contribution in [3.05, 3.63) is 0 Å². The molecule has 0 saturated carbocycles. The van der Waals surface area contributed by atoms with Gasteiger partial charge in [0.2, 0.25) is 0 Å². The SMILES string of the molecule is CN1CCC2(CC1)CC(CC(C)(C)C)CO2. The van der Waals surface area contributed by atoms with Gasteiger partial charge in [-0.3, -0.25) is 0 Å². The first-order valence-corrected chi connectivity index (χ1v) is 6.71. The third-order valence-corrected chi connectivity index (χ3v) is 4.09. The molecular weight excluding hydrogens is 198 g/mol. The molecule has 0 aliphatic carbocycles. The third-order valence-electron chi connectivity index (χ3n) is 4.09. The number of rotatable bonds is 1. The van der Waals surface area contributed by atoms with Gasteiger partial charge in [-0.2, -0.15) is 0 Å². The zero-order valence-electron chi connectivity index (χ0n) is 11.4. The van der Waals surface area contributed by atoms with Crippen LogP contribution in [0, 0.1) is 11.3 Å². The summed E-state index contributed by atoms with van der Waals surface area (Å²) < 4.78 is 6.16. The Hall–Kier alpha value is -0.0800. The standard InChI is InChI=1S/C14H27NO/c1-13(2,3)9-12-10-14(16-11-12)5-7-15(4)8-6-14/h12H,5-11H2,1-4H3. The van der Waals surface area contributed by atoms with E-state index >= 15 is 0 Å². The molecule has 16 heavy (non-hydrogen) atoms. The van der Waals surface area contributed by atoms with Crippen LogP contribution < -0.4 is 0 Å². The maximum atomic E-state index is 6.16. The van der Waals surface area contributed by atoms with Crippen LogP contribution in [-0.2, 0) is 4.74 Å². The molecule has 0 aromatic carbocycles. The van der Waals surface area contributed by atoms with E-state index in [-0.39, 0.29) is 5.60 Å². The van der Waals surface area contributed by atoms with E-state index in [0.717, 1.165) is 12.5 Å². The van der Waals surface area contributed by atoms with E-state index in [9.17, 15) is 0 Å². The van der Waals surface area contributed by atoms with Gasteiger partial charge in [0.25, 0.3) is 0 Å². The van der Waals surface area contributed by atoms with Crippen LogP contribution in [0.25, 0.3) is 0 Å². The van der Waals surface area contributed by atoms with Crippen molar-refractivity contribution in [1.29, 1.82) is 0 Å². The van der Waals surface area contributed by atoms with Gasteiger partial charge in [0.15, 0.2) is 0 Å². The molecular formula is C14H27NO. The highest BCUT2D eigenvalue weighted by atomic mass is 16.5. The van der Waals surface area contributed by atoms with E-state index < -0.39 is 0 Å². The van der Waals surface area contributed by atoms with Gasteiger partial charge in [0, 0.05) is 13.1 Å². The Bertz CT molecular complexity index is 236. The minimum atomic E-state index is 0.252. The Morgan fingerprint density at radius 3 is 2.44 bits per heavy atom. The fourth-order valence-electron chi connectivity index (χ4n) is 3.31. The van der Waals surface area contributed by atoms with E-state index in [0.29, 0.717) is 5.41 Å². The number of hydrogen-bond donors (Lipinski definition) is 0. The van der Waals surface area contributed by atoms with Gasteiger partial charge < -0.3 is 9.64 Å². The molecule has 2 heteroatoms. The predicted molar refractivity (Wildman–Crippen MR) is 67.6 cm³/mol. The molecule has 0 radical (unpaired) electrons. The molecule has 2 heterocycles. The topological polar surface area (TPSA) is 12.5 Å². The molecule has 2 nitrogen and oxygen atoms in total. The number of hydrogen-bond acceptors (Lipinski definition) is 2. The van der Waals surface area contributed by atoms with Crippen molar-refractivity contribution in [3.8, 4) is 0 Å². The Labute approximate surface area is 100 Å². The van der Waals surface area contributed by atoms with Crippen LogP contribution in [0.2, 0.25) is 0 Å². The molecule has 2 saturated heterocycles. The van der Waals surface area contributed by atoms with Crippen molar-refractivity contribution in [2.75, 3.05) is 26.7 Å². The summed E-state index contributed by atoms with van der Waals surface area (Å²) >= 11 is 0. The van der Waals surface area contributed by atoms with Gasteiger partial charge in [-0.15, -0.1) is 0 Å². The summed E-state index contributed by atoms with van der Waals surface area (Å²) in [4.78, 5) is 2.42. The smallest absolute Gasteiger partial charge is 0.0710 e. The predicted octanol–water partition coefficient (Wildman–Crippen LogP) is 2.92. The lowest BCUT2D eigenvalue weighted by atomic mass is 9.79. The average Bonchev–Trinajstić information content (AvgIpc) is 2.52. The zero-order chi connectivity index (χ0) is 11.8. The van der Waals surface area contributed by atoms with Crippen LogP contribution in [0.5, 0.6) is 0 Å². The normalized spacial score (nSPS) is 31.1. The molecule has 0 amide bonds. The quantitative estimate of drug-likeness (QED) is 0.680. The summed E-state index contributed by atoms with van der Waals surface area (Å²) in [5.74, 6) is 0.795. The molecule has 0 N–H and O–H groups in total. The van der Waals surface area contributed by atoms with Crippen molar-refractivity contribution in [2.24, 2.45) is 11.3 Å². The number of piperidine rings is 1.